The van der Waals surface area contributed by atoms with E-state index in [9.17, 15) is 0 Å². The first kappa shape index (κ1) is 14.9. The van der Waals surface area contributed by atoms with Crippen LogP contribution in [-0.4, -0.2) is 45.3 Å². The molecule has 1 saturated heterocycles. The second-order valence-corrected chi connectivity index (χ2v) is 7.07. The molecule has 6 nitrogen and oxygen atoms in total. The summed E-state index contributed by atoms with van der Waals surface area (Å²) >= 11 is 0. The van der Waals surface area contributed by atoms with Crippen molar-refractivity contribution < 1.29 is 0 Å². The number of piperazine rings is 1. The van der Waals surface area contributed by atoms with E-state index >= 15 is 0 Å². The first-order valence-electron chi connectivity index (χ1n) is 8.93. The normalized spacial score (nSPS) is 23.6. The second-order valence-electron chi connectivity index (χ2n) is 7.07. The van der Waals surface area contributed by atoms with E-state index in [1.54, 1.807) is 0 Å². The van der Waals surface area contributed by atoms with Crippen LogP contribution in [-0.2, 0) is 0 Å². The number of hydrogen-bond acceptors (Lipinski definition) is 5. The van der Waals surface area contributed by atoms with Crippen LogP contribution in [0.4, 0.5) is 5.82 Å². The Morgan fingerprint density at radius 2 is 2.00 bits per heavy atom. The average Bonchev–Trinajstić information content (AvgIpc) is 2.98. The lowest BCUT2D eigenvalue weighted by molar-refractivity contribution is 0.428. The maximum Gasteiger partial charge on any atom is 0.254 e. The molecule has 6 heteroatoms. The van der Waals surface area contributed by atoms with Crippen LogP contribution in [0.25, 0.3) is 5.78 Å². The topological polar surface area (TPSA) is 58.4 Å². The van der Waals surface area contributed by atoms with E-state index in [-0.39, 0.29) is 0 Å². The Labute approximate surface area is 137 Å². The van der Waals surface area contributed by atoms with Gasteiger partial charge in [0.1, 0.15) is 5.82 Å². The molecular weight excluding hydrogens is 288 g/mol. The monoisotopic (exact) mass is 314 g/mol. The van der Waals surface area contributed by atoms with Crippen LogP contribution in [0.15, 0.2) is 6.07 Å². The fraction of sp³-hybridized carbons (Fsp3) is 0.706. The van der Waals surface area contributed by atoms with Crippen molar-refractivity contribution in [3.63, 3.8) is 0 Å². The summed E-state index contributed by atoms with van der Waals surface area (Å²) in [4.78, 5) is 11.8. The number of rotatable bonds is 2. The number of hydrogen-bond donors (Lipinski definition) is 1. The third kappa shape index (κ3) is 2.92. The maximum absolute atomic E-state index is 4.86. The van der Waals surface area contributed by atoms with Gasteiger partial charge < -0.3 is 10.2 Å². The fourth-order valence-electron chi connectivity index (χ4n) is 3.88. The molecule has 2 aliphatic rings. The van der Waals surface area contributed by atoms with Crippen molar-refractivity contribution in [2.75, 3.05) is 24.5 Å². The van der Waals surface area contributed by atoms with E-state index in [1.807, 2.05) is 11.4 Å². The van der Waals surface area contributed by atoms with E-state index < -0.39 is 0 Å². The molecule has 0 amide bonds. The number of fused-ring (bicyclic) bond motifs is 1. The SMILES string of the molecule is Cc1cc(N2CCNC(C)C2)n2nc(C3CCCCC3)nc2n1. The van der Waals surface area contributed by atoms with Gasteiger partial charge in [0.25, 0.3) is 5.78 Å². The summed E-state index contributed by atoms with van der Waals surface area (Å²) in [5.74, 6) is 3.40. The Kier molecular flexibility index (Phi) is 3.93. The Balaban J connectivity index is 1.73. The summed E-state index contributed by atoms with van der Waals surface area (Å²) in [5.41, 5.74) is 1.02. The van der Waals surface area contributed by atoms with Crippen molar-refractivity contribution in [2.24, 2.45) is 0 Å². The minimum absolute atomic E-state index is 0.494. The van der Waals surface area contributed by atoms with Gasteiger partial charge in [-0.15, -0.1) is 5.10 Å². The summed E-state index contributed by atoms with van der Waals surface area (Å²) in [5, 5.41) is 8.36. The zero-order chi connectivity index (χ0) is 15.8. The highest BCUT2D eigenvalue weighted by atomic mass is 15.4. The molecule has 1 N–H and O–H groups in total. The van der Waals surface area contributed by atoms with Crippen LogP contribution in [0.2, 0.25) is 0 Å². The fourth-order valence-corrected chi connectivity index (χ4v) is 3.88. The smallest absolute Gasteiger partial charge is 0.254 e. The van der Waals surface area contributed by atoms with Crippen molar-refractivity contribution in [2.45, 2.75) is 57.9 Å². The van der Waals surface area contributed by atoms with Crippen LogP contribution in [0.3, 0.4) is 0 Å². The molecular formula is C17H26N6. The van der Waals surface area contributed by atoms with Gasteiger partial charge in [-0.05, 0) is 26.7 Å². The lowest BCUT2D eigenvalue weighted by atomic mass is 9.89. The molecule has 1 aliphatic carbocycles. The molecule has 23 heavy (non-hydrogen) atoms. The minimum Gasteiger partial charge on any atom is -0.354 e. The minimum atomic E-state index is 0.494. The molecule has 2 aromatic heterocycles. The summed E-state index contributed by atoms with van der Waals surface area (Å²) < 4.78 is 1.97. The molecule has 4 rings (SSSR count). The van der Waals surface area contributed by atoms with Crippen LogP contribution >= 0.6 is 0 Å². The Bertz CT molecular complexity index is 688. The Morgan fingerprint density at radius 1 is 1.17 bits per heavy atom. The molecule has 1 aliphatic heterocycles. The van der Waals surface area contributed by atoms with Crippen molar-refractivity contribution in [1.82, 2.24) is 24.9 Å². The van der Waals surface area contributed by atoms with Crippen molar-refractivity contribution in [1.29, 1.82) is 0 Å². The highest BCUT2D eigenvalue weighted by Gasteiger charge is 2.24. The van der Waals surface area contributed by atoms with Gasteiger partial charge in [0.2, 0.25) is 0 Å². The largest absolute Gasteiger partial charge is 0.354 e. The molecule has 1 saturated carbocycles. The predicted octanol–water partition coefficient (Wildman–Crippen LogP) is 2.28. The molecule has 0 aromatic carbocycles. The molecule has 2 aromatic rings. The summed E-state index contributed by atoms with van der Waals surface area (Å²) in [6, 6.07) is 2.64. The number of aromatic nitrogens is 4. The highest BCUT2D eigenvalue weighted by molar-refractivity contribution is 5.48. The van der Waals surface area contributed by atoms with Gasteiger partial charge in [0.15, 0.2) is 5.82 Å². The number of nitrogens with one attached hydrogen (secondary N) is 1. The first-order valence-corrected chi connectivity index (χ1v) is 8.93. The van der Waals surface area contributed by atoms with E-state index in [2.05, 4.69) is 28.2 Å². The number of aryl methyl sites for hydroxylation is 1. The molecule has 1 atom stereocenters. The molecule has 0 spiro atoms. The van der Waals surface area contributed by atoms with Gasteiger partial charge in [-0.25, -0.2) is 4.98 Å². The van der Waals surface area contributed by atoms with Crippen molar-refractivity contribution >= 4 is 11.6 Å². The zero-order valence-electron chi connectivity index (χ0n) is 14.1. The highest BCUT2D eigenvalue weighted by Crippen LogP contribution is 2.31. The molecule has 124 valence electrons. The lowest BCUT2D eigenvalue weighted by Gasteiger charge is -2.33. The maximum atomic E-state index is 4.86. The standard InChI is InChI=1S/C17H26N6/c1-12-10-15(22-9-8-18-13(2)11-22)23-17(19-12)20-16(21-23)14-6-4-3-5-7-14/h10,13-14,18H,3-9,11H2,1-2H3. The van der Waals surface area contributed by atoms with Gasteiger partial charge >= 0.3 is 0 Å². The van der Waals surface area contributed by atoms with E-state index in [4.69, 9.17) is 10.1 Å². The van der Waals surface area contributed by atoms with Crippen LogP contribution < -0.4 is 10.2 Å². The van der Waals surface area contributed by atoms with Crippen molar-refractivity contribution in [3.05, 3.63) is 17.6 Å². The number of anilines is 1. The van der Waals surface area contributed by atoms with E-state index in [0.29, 0.717) is 12.0 Å². The van der Waals surface area contributed by atoms with Crippen molar-refractivity contribution in [3.8, 4) is 0 Å². The third-order valence-electron chi connectivity index (χ3n) is 5.10. The molecule has 0 bridgehead atoms. The van der Waals surface area contributed by atoms with E-state index in [1.165, 1.54) is 32.1 Å². The van der Waals surface area contributed by atoms with Gasteiger partial charge in [0, 0.05) is 43.4 Å². The zero-order valence-corrected chi connectivity index (χ0v) is 14.1. The second kappa shape index (κ2) is 6.07. The van der Waals surface area contributed by atoms with Gasteiger partial charge in [0.05, 0.1) is 0 Å². The number of nitrogens with zero attached hydrogens (tertiary/aromatic N) is 5. The summed E-state index contributed by atoms with van der Waals surface area (Å²) in [6.45, 7) is 7.28. The van der Waals surface area contributed by atoms with Crippen LogP contribution in [0.5, 0.6) is 0 Å². The average molecular weight is 314 g/mol. The lowest BCUT2D eigenvalue weighted by Crippen LogP contribution is -2.49. The summed E-state index contributed by atoms with van der Waals surface area (Å²) in [7, 11) is 0. The third-order valence-corrected chi connectivity index (χ3v) is 5.10. The van der Waals surface area contributed by atoms with Gasteiger partial charge in [-0.3, -0.25) is 0 Å². The summed E-state index contributed by atoms with van der Waals surface area (Å²) in [6.07, 6.45) is 6.39. The first-order chi connectivity index (χ1) is 11.2. The Hall–Kier alpha value is -1.69. The van der Waals surface area contributed by atoms with Gasteiger partial charge in [-0.1, -0.05) is 19.3 Å². The molecule has 1 unspecified atom stereocenters. The molecule has 0 radical (unpaired) electrons. The predicted molar refractivity (Wildman–Crippen MR) is 91.0 cm³/mol. The van der Waals surface area contributed by atoms with Gasteiger partial charge in [-0.2, -0.15) is 9.50 Å². The van der Waals surface area contributed by atoms with Crippen LogP contribution in [0.1, 0.15) is 56.5 Å². The quantitative estimate of drug-likeness (QED) is 0.921. The molecule has 2 fully saturated rings. The Morgan fingerprint density at radius 3 is 2.78 bits per heavy atom. The van der Waals surface area contributed by atoms with Crippen LogP contribution in [0, 0.1) is 6.92 Å². The molecule has 3 heterocycles. The van der Waals surface area contributed by atoms with E-state index in [0.717, 1.165) is 42.7 Å².